The zero-order valence-corrected chi connectivity index (χ0v) is 16.2. The Kier molecular flexibility index (Phi) is 5.50. The zero-order valence-electron chi connectivity index (χ0n) is 16.2. The molecule has 4 atom stereocenters. The summed E-state index contributed by atoms with van der Waals surface area (Å²) in [6.45, 7) is 1.06. The molecule has 1 aromatic carbocycles. The van der Waals surface area contributed by atoms with Gasteiger partial charge < -0.3 is 30.1 Å². The van der Waals surface area contributed by atoms with Crippen molar-refractivity contribution in [2.45, 2.75) is 31.5 Å². The van der Waals surface area contributed by atoms with Crippen LogP contribution in [0.3, 0.4) is 0 Å². The Hall–Kier alpha value is -3.61. The highest BCUT2D eigenvalue weighted by atomic mass is 16.6. The van der Waals surface area contributed by atoms with Crippen LogP contribution in [-0.4, -0.2) is 71.6 Å². The number of carbonyl (C=O) groups is 2. The predicted molar refractivity (Wildman–Crippen MR) is 104 cm³/mol. The number of amides is 1. The van der Waals surface area contributed by atoms with Crippen LogP contribution in [0, 0.1) is 0 Å². The predicted octanol–water partition coefficient (Wildman–Crippen LogP) is -0.0335. The molecule has 0 unspecified atom stereocenters. The Labute approximate surface area is 175 Å². The molecule has 3 aromatic rings. The molecule has 12 nitrogen and oxygen atoms in total. The van der Waals surface area contributed by atoms with Crippen LogP contribution >= 0.6 is 0 Å². The summed E-state index contributed by atoms with van der Waals surface area (Å²) in [5.41, 5.74) is 1.10. The molecule has 2 aromatic heterocycles. The molecule has 0 bridgehead atoms. The minimum atomic E-state index is -1.35. The number of nitrogens with one attached hydrogen (secondary N) is 1. The molecule has 0 aliphatic carbocycles. The second-order valence-electron chi connectivity index (χ2n) is 6.92. The normalized spacial score (nSPS) is 23.1. The van der Waals surface area contributed by atoms with Crippen molar-refractivity contribution in [2.24, 2.45) is 0 Å². The smallest absolute Gasteiger partial charge is 0.338 e. The van der Waals surface area contributed by atoms with Gasteiger partial charge in [-0.1, -0.05) is 0 Å². The van der Waals surface area contributed by atoms with E-state index in [1.807, 2.05) is 0 Å². The number of anilines is 1. The van der Waals surface area contributed by atoms with Gasteiger partial charge in [0.25, 0.3) is 0 Å². The quantitative estimate of drug-likeness (QED) is 0.404. The van der Waals surface area contributed by atoms with Crippen LogP contribution < -0.4 is 5.32 Å². The number of ether oxygens (including phenoxy) is 2. The van der Waals surface area contributed by atoms with Crippen molar-refractivity contribution >= 4 is 28.7 Å². The van der Waals surface area contributed by atoms with E-state index in [9.17, 15) is 24.9 Å². The van der Waals surface area contributed by atoms with E-state index in [0.29, 0.717) is 5.69 Å². The molecule has 4 rings (SSSR count). The minimum absolute atomic E-state index is 0.116. The van der Waals surface area contributed by atoms with Crippen molar-refractivity contribution in [3.05, 3.63) is 42.5 Å². The van der Waals surface area contributed by atoms with Crippen molar-refractivity contribution in [2.75, 3.05) is 11.9 Å². The molecule has 0 saturated carbocycles. The van der Waals surface area contributed by atoms with E-state index in [-0.39, 0.29) is 35.1 Å². The molecule has 12 heteroatoms. The topological polar surface area (TPSA) is 169 Å². The number of fused-ring (bicyclic) bond motifs is 1. The molecule has 1 saturated heterocycles. The van der Waals surface area contributed by atoms with E-state index in [4.69, 9.17) is 9.47 Å². The monoisotopic (exact) mass is 429 g/mol. The van der Waals surface area contributed by atoms with Crippen molar-refractivity contribution < 1.29 is 34.4 Å². The molecule has 0 radical (unpaired) electrons. The van der Waals surface area contributed by atoms with Gasteiger partial charge in [0.15, 0.2) is 17.4 Å². The lowest BCUT2D eigenvalue weighted by atomic mass is 10.1. The van der Waals surface area contributed by atoms with Gasteiger partial charge in [-0.05, 0) is 24.3 Å². The molecule has 1 aliphatic rings. The van der Waals surface area contributed by atoms with Gasteiger partial charge in [-0.25, -0.2) is 14.8 Å². The van der Waals surface area contributed by atoms with Crippen LogP contribution in [0.2, 0.25) is 0 Å². The van der Waals surface area contributed by atoms with E-state index in [0.717, 1.165) is 6.33 Å². The second-order valence-corrected chi connectivity index (χ2v) is 6.92. The van der Waals surface area contributed by atoms with Crippen molar-refractivity contribution in [1.82, 2.24) is 19.5 Å². The number of aliphatic hydroxyl groups is 2. The third kappa shape index (κ3) is 4.03. The zero-order chi connectivity index (χ0) is 22.1. The van der Waals surface area contributed by atoms with E-state index in [2.05, 4.69) is 20.3 Å². The lowest BCUT2D eigenvalue weighted by Crippen LogP contribution is -2.34. The first-order valence-corrected chi connectivity index (χ1v) is 9.28. The molecule has 1 aliphatic heterocycles. The maximum Gasteiger partial charge on any atom is 0.338 e. The highest BCUT2D eigenvalue weighted by Gasteiger charge is 2.45. The van der Waals surface area contributed by atoms with Gasteiger partial charge in [-0.2, -0.15) is 4.98 Å². The highest BCUT2D eigenvalue weighted by Crippen LogP contribution is 2.32. The van der Waals surface area contributed by atoms with Crippen molar-refractivity contribution in [3.8, 4) is 5.88 Å². The maximum atomic E-state index is 12.3. The summed E-state index contributed by atoms with van der Waals surface area (Å²) in [6, 6.07) is 6.09. The number of aromatic nitrogens is 4. The number of carbonyl (C=O) groups excluding carboxylic acids is 2. The summed E-state index contributed by atoms with van der Waals surface area (Å²) in [7, 11) is 0. The summed E-state index contributed by atoms with van der Waals surface area (Å²) in [5.74, 6) is -1.22. The fourth-order valence-electron chi connectivity index (χ4n) is 3.26. The minimum Gasteiger partial charge on any atom is -0.492 e. The number of nitrogens with zero attached hydrogens (tertiary/aromatic N) is 4. The van der Waals surface area contributed by atoms with Gasteiger partial charge in [-0.15, -0.1) is 0 Å². The molecular formula is C19H19N5O7. The number of hydrogen-bond acceptors (Lipinski definition) is 10. The van der Waals surface area contributed by atoms with Crippen LogP contribution in [0.5, 0.6) is 5.88 Å². The first kappa shape index (κ1) is 20.7. The van der Waals surface area contributed by atoms with Gasteiger partial charge in [0.2, 0.25) is 11.8 Å². The lowest BCUT2D eigenvalue weighted by Gasteiger charge is -2.16. The van der Waals surface area contributed by atoms with Gasteiger partial charge in [-0.3, -0.25) is 9.36 Å². The molecule has 1 fully saturated rings. The summed E-state index contributed by atoms with van der Waals surface area (Å²) in [4.78, 5) is 35.0. The van der Waals surface area contributed by atoms with Gasteiger partial charge in [0, 0.05) is 12.6 Å². The molecular weight excluding hydrogens is 410 g/mol. The lowest BCUT2D eigenvalue weighted by molar-refractivity contribution is -0.114. The molecule has 31 heavy (non-hydrogen) atoms. The fourth-order valence-corrected chi connectivity index (χ4v) is 3.26. The third-order valence-electron chi connectivity index (χ3n) is 4.77. The second kappa shape index (κ2) is 8.26. The Morgan fingerprint density at radius 1 is 1.16 bits per heavy atom. The van der Waals surface area contributed by atoms with E-state index >= 15 is 0 Å². The average Bonchev–Trinajstić information content (AvgIpc) is 3.29. The molecule has 162 valence electrons. The summed E-state index contributed by atoms with van der Waals surface area (Å²) in [6.07, 6.45) is -2.33. The number of hydrogen-bond donors (Lipinski definition) is 4. The van der Waals surface area contributed by atoms with Gasteiger partial charge in [0.05, 0.1) is 11.9 Å². The first-order chi connectivity index (χ1) is 14.8. The van der Waals surface area contributed by atoms with Crippen LogP contribution in [0.1, 0.15) is 23.5 Å². The average molecular weight is 429 g/mol. The Morgan fingerprint density at radius 3 is 2.61 bits per heavy atom. The third-order valence-corrected chi connectivity index (χ3v) is 4.77. The number of rotatable bonds is 5. The number of aromatic hydroxyl groups is 1. The number of imidazole rings is 1. The standard InChI is InChI=1S/C19H19N5O7/c1-9(25)23-11-4-2-10(3-5-11)19(29)30-6-12-14(26)15(27)18(31-12)24-8-22-13-16(24)20-7-21-17(13)28/h2-5,7-8,12,14-15,18,26-27H,6H2,1H3,(H,23,25)(H,20,21,28)/t12-,14-,15-,18-/m1/s1. The Balaban J connectivity index is 1.42. The van der Waals surface area contributed by atoms with Crippen LogP contribution in [-0.2, 0) is 14.3 Å². The van der Waals surface area contributed by atoms with Gasteiger partial charge >= 0.3 is 5.97 Å². The van der Waals surface area contributed by atoms with Crippen LogP contribution in [0.25, 0.3) is 11.2 Å². The van der Waals surface area contributed by atoms with Crippen LogP contribution in [0.15, 0.2) is 36.9 Å². The summed E-state index contributed by atoms with van der Waals surface area (Å²) < 4.78 is 12.2. The fraction of sp³-hybridized carbons (Fsp3) is 0.316. The van der Waals surface area contributed by atoms with Crippen LogP contribution in [0.4, 0.5) is 5.69 Å². The largest absolute Gasteiger partial charge is 0.492 e. The summed E-state index contributed by atoms with van der Waals surface area (Å²) in [5, 5.41) is 33.1. The Morgan fingerprint density at radius 2 is 1.90 bits per heavy atom. The SMILES string of the molecule is CC(=O)Nc1ccc(C(=O)OC[C@H]2O[C@@H](n3cnc4c(O)ncnc43)[C@H](O)[C@@H]2O)cc1. The van der Waals surface area contributed by atoms with E-state index < -0.39 is 30.5 Å². The maximum absolute atomic E-state index is 12.3. The first-order valence-electron chi connectivity index (χ1n) is 9.28. The van der Waals surface area contributed by atoms with Gasteiger partial charge in [0.1, 0.15) is 31.2 Å². The van der Waals surface area contributed by atoms with E-state index in [1.165, 1.54) is 30.0 Å². The summed E-state index contributed by atoms with van der Waals surface area (Å²) >= 11 is 0. The number of esters is 1. The van der Waals surface area contributed by atoms with Crippen molar-refractivity contribution in [1.29, 1.82) is 0 Å². The molecule has 4 N–H and O–H groups in total. The molecule has 1 amide bonds. The number of benzene rings is 1. The molecule has 0 spiro atoms. The highest BCUT2D eigenvalue weighted by molar-refractivity contribution is 5.92. The van der Waals surface area contributed by atoms with Crippen molar-refractivity contribution in [3.63, 3.8) is 0 Å². The number of aliphatic hydroxyl groups excluding tert-OH is 2. The molecule has 3 heterocycles. The Bertz CT molecular complexity index is 1120. The van der Waals surface area contributed by atoms with E-state index in [1.54, 1.807) is 12.1 Å².